The number of hydrazone groups is 1. The predicted octanol–water partition coefficient (Wildman–Crippen LogP) is 8.18. The zero-order chi connectivity index (χ0) is 63.0. The van der Waals surface area contributed by atoms with E-state index in [1.165, 1.54) is 69.9 Å². The van der Waals surface area contributed by atoms with Crippen LogP contribution in [0.2, 0.25) is 0 Å². The van der Waals surface area contributed by atoms with Crippen LogP contribution in [0.25, 0.3) is 16.3 Å². The number of allylic oxidation sites excluding steroid dienone is 2. The minimum absolute atomic E-state index is 0.0215. The molecule has 5 bridgehead atoms. The van der Waals surface area contributed by atoms with Gasteiger partial charge in [-0.25, -0.2) is 9.18 Å². The maximum atomic E-state index is 16.3. The molecule has 4 fully saturated rings. The van der Waals surface area contributed by atoms with Gasteiger partial charge < -0.3 is 59.8 Å². The average Bonchev–Trinajstić information content (AvgIpc) is 1.69. The molecule has 22 heteroatoms. The molecule has 5 aliphatic heterocycles. The number of aliphatic hydroxyl groups is 2. The number of aromatic nitrogens is 1. The number of nitrogens with one attached hydrogen (secondary N) is 1. The lowest BCUT2D eigenvalue weighted by Gasteiger charge is -2.42. The molecule has 2 saturated carbocycles. The van der Waals surface area contributed by atoms with Crippen LogP contribution in [0.3, 0.4) is 0 Å². The molecule has 2 saturated heterocycles. The largest absolute Gasteiger partial charge is 0.507 e. The van der Waals surface area contributed by atoms with Crippen LogP contribution in [0.5, 0.6) is 23.0 Å². The van der Waals surface area contributed by atoms with Gasteiger partial charge in [0.15, 0.2) is 11.6 Å². The highest BCUT2D eigenvalue weighted by Crippen LogP contribution is 2.56. The van der Waals surface area contributed by atoms with Crippen LogP contribution in [-0.2, 0) is 23.8 Å². The number of Topliss-reactive ketones (excluding diaryl/α,β-unsaturated/α-hetero) is 1. The van der Waals surface area contributed by atoms with Gasteiger partial charge in [-0.1, -0.05) is 45.9 Å². The number of hydrogen-bond donors (Lipinski definition) is 7. The van der Waals surface area contributed by atoms with Crippen molar-refractivity contribution in [2.45, 2.75) is 155 Å². The first-order valence-corrected chi connectivity index (χ1v) is 30.1. The lowest BCUT2D eigenvalue weighted by atomic mass is 9.78. The van der Waals surface area contributed by atoms with Crippen LogP contribution >= 0.6 is 0 Å². The Morgan fingerprint density at radius 1 is 0.897 bits per heavy atom. The van der Waals surface area contributed by atoms with E-state index >= 15 is 4.39 Å². The smallest absolute Gasteiger partial charge is 0.341 e. The van der Waals surface area contributed by atoms with Gasteiger partial charge in [-0.15, -0.1) is 0 Å². The van der Waals surface area contributed by atoms with E-state index in [-0.39, 0.29) is 73.5 Å². The number of hydrogen-bond acceptors (Lipinski definition) is 18. The minimum Gasteiger partial charge on any atom is -0.507 e. The number of rotatable bonds is 10. The number of phenolic OH excluding ortho intramolecular Hbond substituents is 3. The Morgan fingerprint density at radius 2 is 1.59 bits per heavy atom. The Balaban J connectivity index is 0.932. The zero-order valence-corrected chi connectivity index (χ0v) is 51.2. The van der Waals surface area contributed by atoms with E-state index in [0.717, 1.165) is 43.9 Å². The average molecular weight is 1210 g/mol. The van der Waals surface area contributed by atoms with Crippen LogP contribution < -0.4 is 20.5 Å². The van der Waals surface area contributed by atoms with Gasteiger partial charge >= 0.3 is 17.7 Å². The molecule has 11 rings (SSSR count). The summed E-state index contributed by atoms with van der Waals surface area (Å²) in [6, 6.07) is 1.62. The first-order valence-electron chi connectivity index (χ1n) is 30.1. The molecule has 10 atom stereocenters. The van der Waals surface area contributed by atoms with Crippen LogP contribution in [-0.4, -0.2) is 157 Å². The summed E-state index contributed by atoms with van der Waals surface area (Å²) in [6.45, 7) is 16.5. The number of phenols is 3. The molecule has 7 heterocycles. The van der Waals surface area contributed by atoms with Gasteiger partial charge in [-0.05, 0) is 108 Å². The summed E-state index contributed by atoms with van der Waals surface area (Å²) in [4.78, 5) is 71.4. The number of aliphatic hydroxyl groups excluding tert-OH is 2. The Bertz CT molecular complexity index is 3640. The van der Waals surface area contributed by atoms with E-state index in [0.29, 0.717) is 55.8 Å². The molecule has 21 nitrogen and oxygen atoms in total. The second-order valence-electron chi connectivity index (χ2n) is 25.3. The second kappa shape index (κ2) is 23.9. The SMILES string of the molecule is CO[C@H]1/C=C/O[C@@]2(C)Oc3c(C)c(O)c4c(O)c(c(/C=N/N5CCC(N(C)C6(C7CCN(c8c(F)cn9c(=O)c(C(=O)O)cc(C%10CC%10)c9c8C)C7)CC6)CC5)c(O)c4c3C2=O)NC(=O)/C(C)=C\C=C\[C@H](C)[C@H](O)[C@@H](C)[C@@H](O)[C@@H](C)[C@H](OC(C)=O)[C@@H]1C. The molecule has 87 heavy (non-hydrogen) atoms. The van der Waals surface area contributed by atoms with Crippen molar-refractivity contribution < 1.29 is 73.2 Å². The molecule has 1 amide bonds. The maximum Gasteiger partial charge on any atom is 0.341 e. The number of fused-ring (bicyclic) bond motifs is 15. The number of benzene rings is 2. The summed E-state index contributed by atoms with van der Waals surface area (Å²) in [5.41, 5.74) is 0.593. The standard InChI is InChI=1S/C65H81FN6O15/c1-31-13-12-14-32(2)61(80)68-50-44(56(77)47-48(57(50)78)55(76)37(7)59-49(47)60(79)64(9,87-59)85-26-20-46(84-11)33(3)58(86-38(8)73)36(6)54(75)35(5)53(31)74)28-67-71-24-18-41(19-25-71)69(10)65(21-22-65)40-17-23-70(29-40)52-34(4)51-42(39-15-16-39)27-43(63(82)83)62(81)72(51)30-45(52)66/h12-14,20,26-28,30-31,33,35-36,39-41,46,53-54,58,74-78H,15-19,21-25,29H2,1-11H3,(H,68,80)(H,82,83)/b13-12+,26-20+,32-14-,67-28+/t31-,33+,35+,36+,40?,46-,53-,54+,58+,64-/m0/s1. The molecule has 0 radical (unpaired) electrons. The number of methoxy groups -OCH3 is 1. The van der Waals surface area contributed by atoms with Crippen molar-refractivity contribution in [3.05, 3.63) is 98.0 Å². The van der Waals surface area contributed by atoms with E-state index in [9.17, 15) is 54.6 Å². The predicted molar refractivity (Wildman–Crippen MR) is 323 cm³/mol. The monoisotopic (exact) mass is 1200 g/mol. The molecule has 7 N–H and O–H groups in total. The normalized spacial score (nSPS) is 29.6. The fraction of sp³-hybridized carbons (Fsp3) is 0.538. The van der Waals surface area contributed by atoms with Gasteiger partial charge in [0.2, 0.25) is 0 Å². The van der Waals surface area contributed by atoms with Gasteiger partial charge in [0.1, 0.15) is 28.9 Å². The number of piperidine rings is 1. The van der Waals surface area contributed by atoms with Crippen molar-refractivity contribution in [3.8, 4) is 23.0 Å². The van der Waals surface area contributed by atoms with Gasteiger partial charge in [0, 0.05) is 98.9 Å². The number of carboxylic acid groups (broad SMARTS) is 1. The minimum atomic E-state index is -2.11. The number of nitrogens with zero attached hydrogens (tertiary/aromatic N) is 5. The lowest BCUT2D eigenvalue weighted by Crippen LogP contribution is -2.50. The number of carboxylic acids is 1. The number of aryl methyl sites for hydroxylation is 1. The Kier molecular flexibility index (Phi) is 17.2. The second-order valence-corrected chi connectivity index (χ2v) is 25.3. The number of carbonyl (C=O) groups is 4. The van der Waals surface area contributed by atoms with E-state index in [4.69, 9.17) is 24.0 Å². The molecule has 2 aromatic carbocycles. The highest BCUT2D eigenvalue weighted by atomic mass is 19.1. The molecule has 2 aromatic heterocycles. The van der Waals surface area contributed by atoms with Gasteiger partial charge in [0.05, 0.1) is 70.4 Å². The van der Waals surface area contributed by atoms with Crippen molar-refractivity contribution in [1.82, 2.24) is 14.3 Å². The highest BCUT2D eigenvalue weighted by molar-refractivity contribution is 6.24. The third-order valence-electron chi connectivity index (χ3n) is 19.8. The van der Waals surface area contributed by atoms with Crippen molar-refractivity contribution in [2.24, 2.45) is 34.7 Å². The Morgan fingerprint density at radius 3 is 2.22 bits per heavy atom. The van der Waals surface area contributed by atoms with Crippen LogP contribution in [0.4, 0.5) is 15.8 Å². The van der Waals surface area contributed by atoms with E-state index in [1.807, 2.05) is 11.9 Å². The number of pyridine rings is 2. The molecule has 4 aromatic rings. The molecule has 7 aliphatic rings. The third-order valence-corrected chi connectivity index (χ3v) is 19.8. The number of carbonyl (C=O) groups excluding carboxylic acids is 3. The number of anilines is 2. The molecular weight excluding hydrogens is 1120 g/mol. The molecule has 2 aliphatic carbocycles. The van der Waals surface area contributed by atoms with E-state index in [1.54, 1.807) is 39.8 Å². The molecule has 0 spiro atoms. The van der Waals surface area contributed by atoms with Crippen LogP contribution in [0.1, 0.15) is 142 Å². The van der Waals surface area contributed by atoms with Crippen molar-refractivity contribution in [1.29, 1.82) is 0 Å². The fourth-order valence-electron chi connectivity index (χ4n) is 14.2. The summed E-state index contributed by atoms with van der Waals surface area (Å²) < 4.78 is 41.4. The van der Waals surface area contributed by atoms with Crippen molar-refractivity contribution in [3.63, 3.8) is 0 Å². The van der Waals surface area contributed by atoms with Crippen LogP contribution in [0, 0.1) is 49.3 Å². The van der Waals surface area contributed by atoms with Crippen molar-refractivity contribution >= 4 is 57.5 Å². The van der Waals surface area contributed by atoms with Crippen molar-refractivity contribution in [2.75, 3.05) is 50.6 Å². The first kappa shape index (κ1) is 62.5. The summed E-state index contributed by atoms with van der Waals surface area (Å²) in [7, 11) is 3.58. The molecule has 468 valence electrons. The quantitative estimate of drug-likeness (QED) is 0.0341. The summed E-state index contributed by atoms with van der Waals surface area (Å²) in [6.07, 6.45) is 11.7. The summed E-state index contributed by atoms with van der Waals surface area (Å²) >= 11 is 0. The van der Waals surface area contributed by atoms with E-state index in [2.05, 4.69) is 22.2 Å². The number of aromatic carboxylic acids is 1. The number of ether oxygens (including phenoxy) is 4. The number of aromatic hydroxyl groups is 3. The topological polar surface area (TPSA) is 282 Å². The van der Waals surface area contributed by atoms with Gasteiger partial charge in [-0.3, -0.25) is 33.5 Å². The van der Waals surface area contributed by atoms with Gasteiger partial charge in [0.25, 0.3) is 17.2 Å². The number of halogens is 1. The maximum absolute atomic E-state index is 16.3. The molecule has 1 unspecified atom stereocenters. The lowest BCUT2D eigenvalue weighted by molar-refractivity contribution is -0.160. The zero-order valence-electron chi connectivity index (χ0n) is 51.2. The third kappa shape index (κ3) is 11.2. The summed E-state index contributed by atoms with van der Waals surface area (Å²) in [5.74, 6) is -10.4. The Labute approximate surface area is 504 Å². The number of amides is 1. The fourth-order valence-corrected chi connectivity index (χ4v) is 14.2. The van der Waals surface area contributed by atoms with Gasteiger partial charge in [-0.2, -0.15) is 5.10 Å². The first-order chi connectivity index (χ1) is 41.2. The number of esters is 1. The molecular formula is C65H81FN6O15. The van der Waals surface area contributed by atoms with Crippen LogP contribution in [0.15, 0.2) is 58.3 Å². The number of ketones is 1. The Hall–Kier alpha value is -7.53. The highest BCUT2D eigenvalue weighted by Gasteiger charge is 2.56. The van der Waals surface area contributed by atoms with E-state index < -0.39 is 106 Å². The summed E-state index contributed by atoms with van der Waals surface area (Å²) in [5, 5.41) is 78.5.